The van der Waals surface area contributed by atoms with Gasteiger partial charge in [0.15, 0.2) is 0 Å². The van der Waals surface area contributed by atoms with Gasteiger partial charge < -0.3 is 5.32 Å². The molecule has 1 aromatic carbocycles. The number of hydrogen-bond donors (Lipinski definition) is 1. The van der Waals surface area contributed by atoms with Crippen LogP contribution in [0.25, 0.3) is 0 Å². The molecule has 0 unspecified atom stereocenters. The quantitative estimate of drug-likeness (QED) is 0.899. The van der Waals surface area contributed by atoms with Crippen LogP contribution in [0.1, 0.15) is 29.7 Å². The molecule has 138 valence electrons. The van der Waals surface area contributed by atoms with E-state index in [0.29, 0.717) is 12.6 Å². The first-order valence-electron chi connectivity index (χ1n) is 9.27. The summed E-state index contributed by atoms with van der Waals surface area (Å²) >= 11 is 0. The summed E-state index contributed by atoms with van der Waals surface area (Å²) in [5.74, 6) is 0.0659. The van der Waals surface area contributed by atoms with Gasteiger partial charge in [0.05, 0.1) is 6.54 Å². The van der Waals surface area contributed by atoms with Gasteiger partial charge in [-0.1, -0.05) is 24.3 Å². The van der Waals surface area contributed by atoms with Crippen molar-refractivity contribution in [2.45, 2.75) is 26.8 Å². The molecule has 1 aliphatic rings. The van der Waals surface area contributed by atoms with Crippen LogP contribution in [0.15, 0.2) is 42.7 Å². The minimum absolute atomic E-state index is 0.0659. The Hall–Kier alpha value is -2.24. The van der Waals surface area contributed by atoms with Crippen LogP contribution in [0.4, 0.5) is 5.69 Å². The summed E-state index contributed by atoms with van der Waals surface area (Å²) in [5.41, 5.74) is 4.40. The maximum Gasteiger partial charge on any atom is 0.238 e. The summed E-state index contributed by atoms with van der Waals surface area (Å²) in [4.78, 5) is 21.4. The van der Waals surface area contributed by atoms with Crippen molar-refractivity contribution in [3.63, 3.8) is 0 Å². The monoisotopic (exact) mass is 352 g/mol. The van der Waals surface area contributed by atoms with E-state index in [0.717, 1.165) is 43.0 Å². The van der Waals surface area contributed by atoms with Crippen LogP contribution in [-0.4, -0.2) is 53.4 Å². The maximum absolute atomic E-state index is 12.4. The molecular formula is C21H28N4O. The second kappa shape index (κ2) is 8.43. The minimum Gasteiger partial charge on any atom is -0.324 e. The van der Waals surface area contributed by atoms with Gasteiger partial charge in [-0.2, -0.15) is 0 Å². The van der Waals surface area contributed by atoms with E-state index in [4.69, 9.17) is 0 Å². The normalized spacial score (nSPS) is 17.0. The van der Waals surface area contributed by atoms with Crippen LogP contribution in [-0.2, 0) is 4.79 Å². The Kier molecular flexibility index (Phi) is 6.01. The third kappa shape index (κ3) is 4.48. The molecular weight excluding hydrogens is 324 g/mol. The van der Waals surface area contributed by atoms with Crippen LogP contribution < -0.4 is 5.32 Å². The molecule has 2 heterocycles. The number of hydrogen-bond acceptors (Lipinski definition) is 4. The van der Waals surface area contributed by atoms with Gasteiger partial charge in [0, 0.05) is 50.3 Å². The fraction of sp³-hybridized carbons (Fsp3) is 0.429. The SMILES string of the molecule is Cc1cccc(C)c1NC(=O)CN1CCN([C@@H](C)c2cccnc2)CC1. The van der Waals surface area contributed by atoms with Gasteiger partial charge in [0.1, 0.15) is 0 Å². The Morgan fingerprint density at radius 1 is 1.12 bits per heavy atom. The van der Waals surface area contributed by atoms with Crippen LogP contribution in [0, 0.1) is 13.8 Å². The van der Waals surface area contributed by atoms with E-state index in [2.05, 4.69) is 33.1 Å². The number of para-hydroxylation sites is 1. The molecule has 0 saturated carbocycles. The smallest absolute Gasteiger partial charge is 0.238 e. The van der Waals surface area contributed by atoms with E-state index >= 15 is 0 Å². The van der Waals surface area contributed by atoms with Crippen molar-refractivity contribution in [3.05, 3.63) is 59.4 Å². The van der Waals surface area contributed by atoms with Gasteiger partial charge in [0.2, 0.25) is 5.91 Å². The zero-order valence-electron chi connectivity index (χ0n) is 15.9. The number of aryl methyl sites for hydroxylation is 2. The van der Waals surface area contributed by atoms with E-state index in [-0.39, 0.29) is 5.91 Å². The summed E-state index contributed by atoms with van der Waals surface area (Å²) in [7, 11) is 0. The number of pyridine rings is 1. The highest BCUT2D eigenvalue weighted by molar-refractivity contribution is 5.93. The van der Waals surface area contributed by atoms with Gasteiger partial charge in [0.25, 0.3) is 0 Å². The number of carbonyl (C=O) groups is 1. The molecule has 0 bridgehead atoms. The molecule has 1 fully saturated rings. The minimum atomic E-state index is 0.0659. The van der Waals surface area contributed by atoms with Crippen LogP contribution in [0.2, 0.25) is 0 Å². The second-order valence-corrected chi connectivity index (χ2v) is 7.09. The molecule has 1 amide bonds. The summed E-state index contributed by atoms with van der Waals surface area (Å²) < 4.78 is 0. The summed E-state index contributed by atoms with van der Waals surface area (Å²) in [6, 6.07) is 10.5. The van der Waals surface area contributed by atoms with Crippen molar-refractivity contribution in [1.29, 1.82) is 0 Å². The number of nitrogens with zero attached hydrogens (tertiary/aromatic N) is 3. The first kappa shape index (κ1) is 18.5. The molecule has 2 aromatic rings. The Morgan fingerprint density at radius 2 is 1.81 bits per heavy atom. The average molecular weight is 352 g/mol. The van der Waals surface area contributed by atoms with Crippen molar-refractivity contribution in [3.8, 4) is 0 Å². The highest BCUT2D eigenvalue weighted by Crippen LogP contribution is 2.21. The molecule has 1 aliphatic heterocycles. The van der Waals surface area contributed by atoms with Gasteiger partial charge in [-0.15, -0.1) is 0 Å². The zero-order chi connectivity index (χ0) is 18.5. The Morgan fingerprint density at radius 3 is 2.42 bits per heavy atom. The maximum atomic E-state index is 12.4. The summed E-state index contributed by atoms with van der Waals surface area (Å²) in [5, 5.41) is 3.08. The number of aromatic nitrogens is 1. The number of rotatable bonds is 5. The molecule has 5 heteroatoms. The lowest BCUT2D eigenvalue weighted by Crippen LogP contribution is -2.49. The molecule has 0 aliphatic carbocycles. The van der Waals surface area contributed by atoms with Crippen molar-refractivity contribution >= 4 is 11.6 Å². The number of anilines is 1. The Balaban J connectivity index is 1.50. The third-order valence-corrected chi connectivity index (χ3v) is 5.23. The lowest BCUT2D eigenvalue weighted by molar-refractivity contribution is -0.117. The van der Waals surface area contributed by atoms with Crippen LogP contribution in [0.3, 0.4) is 0 Å². The standard InChI is InChI=1S/C21H28N4O/c1-16-6-4-7-17(2)21(16)23-20(26)15-24-10-12-25(13-11-24)18(3)19-8-5-9-22-14-19/h4-9,14,18H,10-13,15H2,1-3H3,(H,23,26)/t18-/m0/s1. The predicted octanol–water partition coefficient (Wildman–Crippen LogP) is 3.02. The number of piperazine rings is 1. The Bertz CT molecular complexity index is 719. The van der Waals surface area contributed by atoms with Crippen molar-refractivity contribution in [2.75, 3.05) is 38.0 Å². The molecule has 3 rings (SSSR count). The highest BCUT2D eigenvalue weighted by Gasteiger charge is 2.23. The van der Waals surface area contributed by atoms with E-state index in [1.807, 2.05) is 50.5 Å². The van der Waals surface area contributed by atoms with Gasteiger partial charge in [-0.3, -0.25) is 19.6 Å². The van der Waals surface area contributed by atoms with E-state index in [1.54, 1.807) is 0 Å². The van der Waals surface area contributed by atoms with Crippen LogP contribution in [0.5, 0.6) is 0 Å². The van der Waals surface area contributed by atoms with Crippen molar-refractivity contribution in [2.24, 2.45) is 0 Å². The van der Waals surface area contributed by atoms with E-state index < -0.39 is 0 Å². The molecule has 1 atom stereocenters. The van der Waals surface area contributed by atoms with Gasteiger partial charge in [-0.05, 0) is 43.5 Å². The molecule has 0 spiro atoms. The first-order valence-corrected chi connectivity index (χ1v) is 9.27. The summed E-state index contributed by atoms with van der Waals surface area (Å²) in [6.45, 7) is 10.5. The largest absolute Gasteiger partial charge is 0.324 e. The van der Waals surface area contributed by atoms with Gasteiger partial charge >= 0.3 is 0 Å². The van der Waals surface area contributed by atoms with E-state index in [1.165, 1.54) is 5.56 Å². The number of amides is 1. The average Bonchev–Trinajstić information content (AvgIpc) is 2.66. The fourth-order valence-electron chi connectivity index (χ4n) is 3.54. The zero-order valence-corrected chi connectivity index (χ0v) is 15.9. The molecule has 1 aromatic heterocycles. The first-order chi connectivity index (χ1) is 12.5. The predicted molar refractivity (Wildman–Crippen MR) is 105 cm³/mol. The number of carbonyl (C=O) groups excluding carboxylic acids is 1. The fourth-order valence-corrected chi connectivity index (χ4v) is 3.54. The molecule has 5 nitrogen and oxygen atoms in total. The number of benzene rings is 1. The molecule has 1 saturated heterocycles. The third-order valence-electron chi connectivity index (χ3n) is 5.23. The van der Waals surface area contributed by atoms with Crippen LogP contribution >= 0.6 is 0 Å². The van der Waals surface area contributed by atoms with Gasteiger partial charge in [-0.25, -0.2) is 0 Å². The summed E-state index contributed by atoms with van der Waals surface area (Å²) in [6.07, 6.45) is 3.75. The topological polar surface area (TPSA) is 48.5 Å². The van der Waals surface area contributed by atoms with Crippen molar-refractivity contribution in [1.82, 2.24) is 14.8 Å². The Labute approximate surface area is 156 Å². The lowest BCUT2D eigenvalue weighted by Gasteiger charge is -2.37. The van der Waals surface area contributed by atoms with Crippen molar-refractivity contribution < 1.29 is 4.79 Å². The molecule has 1 N–H and O–H groups in total. The lowest BCUT2D eigenvalue weighted by atomic mass is 10.1. The van der Waals surface area contributed by atoms with E-state index in [9.17, 15) is 4.79 Å². The molecule has 26 heavy (non-hydrogen) atoms. The highest BCUT2D eigenvalue weighted by atomic mass is 16.2. The number of nitrogens with one attached hydrogen (secondary N) is 1. The second-order valence-electron chi connectivity index (χ2n) is 7.09. The molecule has 0 radical (unpaired) electrons.